The summed E-state index contributed by atoms with van der Waals surface area (Å²) in [4.78, 5) is 43.2. The van der Waals surface area contributed by atoms with Crippen molar-refractivity contribution in [1.82, 2.24) is 14.8 Å². The molecule has 1 aromatic heterocycles. The molecule has 214 valence electrons. The third kappa shape index (κ3) is 4.48. The summed E-state index contributed by atoms with van der Waals surface area (Å²) in [5.74, 6) is -5.70. The number of aliphatic hydroxyl groups is 1. The van der Waals surface area contributed by atoms with Crippen molar-refractivity contribution in [2.24, 2.45) is 0 Å². The summed E-state index contributed by atoms with van der Waals surface area (Å²) in [6, 6.07) is 10.0. The molecule has 11 heteroatoms. The molecular formula is C30H28F3N3O5. The van der Waals surface area contributed by atoms with Gasteiger partial charge in [0.05, 0.1) is 12.1 Å². The van der Waals surface area contributed by atoms with Gasteiger partial charge in [0.25, 0.3) is 11.8 Å². The molecule has 4 heterocycles. The highest BCUT2D eigenvalue weighted by Gasteiger charge is 2.54. The number of aliphatic hydroxyl groups excluding tert-OH is 1. The monoisotopic (exact) mass is 567 g/mol. The van der Waals surface area contributed by atoms with Crippen LogP contribution in [0.15, 0.2) is 47.3 Å². The second-order valence-electron chi connectivity index (χ2n) is 10.9. The van der Waals surface area contributed by atoms with E-state index in [2.05, 4.69) is 5.32 Å². The molecule has 1 fully saturated rings. The Morgan fingerprint density at radius 3 is 2.54 bits per heavy atom. The Balaban J connectivity index is 1.50. The number of carbonyl (C=O) groups excluding carboxylic acids is 2. The van der Waals surface area contributed by atoms with Crippen LogP contribution in [0.4, 0.5) is 13.2 Å². The molecule has 6 rings (SSSR count). The van der Waals surface area contributed by atoms with Gasteiger partial charge in [0.2, 0.25) is 5.43 Å². The summed E-state index contributed by atoms with van der Waals surface area (Å²) < 4.78 is 49.7. The van der Waals surface area contributed by atoms with Crippen molar-refractivity contribution < 1.29 is 32.6 Å². The number of aromatic nitrogens is 1. The molecule has 0 unspecified atom stereocenters. The zero-order chi connectivity index (χ0) is 28.9. The molecule has 3 aromatic rings. The molecule has 1 saturated heterocycles. The van der Waals surface area contributed by atoms with Gasteiger partial charge in [-0.2, -0.15) is 0 Å². The number of ether oxygens (including phenoxy) is 1. The molecule has 41 heavy (non-hydrogen) atoms. The Hall–Kier alpha value is -4.12. The van der Waals surface area contributed by atoms with Crippen molar-refractivity contribution in [2.45, 2.75) is 50.3 Å². The van der Waals surface area contributed by atoms with E-state index >= 15 is 0 Å². The van der Waals surface area contributed by atoms with Crippen molar-refractivity contribution in [1.29, 1.82) is 0 Å². The molecule has 2 atom stereocenters. The number of hydrogen-bond acceptors (Lipinski definition) is 5. The van der Waals surface area contributed by atoms with E-state index in [1.807, 2.05) is 6.07 Å². The molecule has 8 nitrogen and oxygen atoms in total. The summed E-state index contributed by atoms with van der Waals surface area (Å²) in [6.45, 7) is -0.182. The van der Waals surface area contributed by atoms with Crippen LogP contribution < -0.4 is 15.5 Å². The van der Waals surface area contributed by atoms with E-state index in [-0.39, 0.29) is 41.8 Å². The van der Waals surface area contributed by atoms with Crippen LogP contribution >= 0.6 is 0 Å². The molecule has 0 radical (unpaired) electrons. The van der Waals surface area contributed by atoms with E-state index in [0.717, 1.165) is 18.4 Å². The molecule has 0 aliphatic carbocycles. The largest absolute Gasteiger partial charge is 0.483 e. The Morgan fingerprint density at radius 2 is 1.83 bits per heavy atom. The van der Waals surface area contributed by atoms with Crippen molar-refractivity contribution >= 4 is 11.8 Å². The number of halogens is 3. The highest BCUT2D eigenvalue weighted by molar-refractivity contribution is 6.01. The van der Waals surface area contributed by atoms with Crippen LogP contribution in [0.2, 0.25) is 0 Å². The van der Waals surface area contributed by atoms with Gasteiger partial charge in [0.1, 0.15) is 29.6 Å². The number of rotatable bonds is 7. The van der Waals surface area contributed by atoms with Crippen LogP contribution in [0.1, 0.15) is 69.3 Å². The standard InChI is InChI=1S/C30H28F3N3O5/c31-19-10-21(32)20(22(33)11-19)13-34-28(39)23-24-18(14-37)12-30-8-4-5-9-35(16-30)29(40)25(36(24)30)27(26(23)38)41-15-17-6-2-1-3-7-17/h1-3,6-7,10-11,18,37H,4-5,8-9,12-16H2,(H,34,39)/t18-,30-/m0/s1. The van der Waals surface area contributed by atoms with E-state index < -0.39 is 52.4 Å². The third-order valence-electron chi connectivity index (χ3n) is 8.36. The predicted molar refractivity (Wildman–Crippen MR) is 141 cm³/mol. The number of pyridine rings is 1. The molecule has 2 aromatic carbocycles. The maximum absolute atomic E-state index is 14.3. The first-order valence-corrected chi connectivity index (χ1v) is 13.6. The number of nitrogens with zero attached hydrogens (tertiary/aromatic N) is 2. The van der Waals surface area contributed by atoms with Crippen LogP contribution in [0.5, 0.6) is 5.75 Å². The molecule has 0 saturated carbocycles. The Morgan fingerprint density at radius 1 is 1.10 bits per heavy atom. The highest BCUT2D eigenvalue weighted by atomic mass is 19.1. The van der Waals surface area contributed by atoms with Gasteiger partial charge in [-0.1, -0.05) is 30.3 Å². The minimum absolute atomic E-state index is 0.0425. The van der Waals surface area contributed by atoms with Gasteiger partial charge in [-0.3, -0.25) is 14.4 Å². The van der Waals surface area contributed by atoms with Gasteiger partial charge in [0, 0.05) is 48.9 Å². The zero-order valence-corrected chi connectivity index (χ0v) is 22.1. The lowest BCUT2D eigenvalue weighted by atomic mass is 9.86. The number of nitrogens with one attached hydrogen (secondary N) is 1. The molecule has 2 bridgehead atoms. The average Bonchev–Trinajstić information content (AvgIpc) is 3.12. The molecular weight excluding hydrogens is 539 g/mol. The lowest BCUT2D eigenvalue weighted by molar-refractivity contribution is 0.0574. The number of hydrogen-bond donors (Lipinski definition) is 2. The summed E-state index contributed by atoms with van der Waals surface area (Å²) in [7, 11) is 0. The Bertz CT molecular complexity index is 1590. The second kappa shape index (κ2) is 10.4. The van der Waals surface area contributed by atoms with E-state index in [4.69, 9.17) is 4.74 Å². The third-order valence-corrected chi connectivity index (χ3v) is 8.36. The van der Waals surface area contributed by atoms with Gasteiger partial charge in [-0.25, -0.2) is 13.2 Å². The van der Waals surface area contributed by atoms with E-state index in [9.17, 15) is 32.7 Å². The maximum atomic E-state index is 14.3. The van der Waals surface area contributed by atoms with Gasteiger partial charge in [-0.15, -0.1) is 0 Å². The van der Waals surface area contributed by atoms with Crippen LogP contribution in [0.3, 0.4) is 0 Å². The normalized spacial score (nSPS) is 20.9. The first kappa shape index (κ1) is 27.1. The fourth-order valence-corrected chi connectivity index (χ4v) is 6.56. The lowest BCUT2D eigenvalue weighted by Crippen LogP contribution is -2.52. The topological polar surface area (TPSA) is 101 Å². The Labute approximate surface area is 233 Å². The molecule has 3 aliphatic heterocycles. The van der Waals surface area contributed by atoms with Gasteiger partial charge >= 0.3 is 0 Å². The van der Waals surface area contributed by atoms with Crippen molar-refractivity contribution in [2.75, 3.05) is 19.7 Å². The number of amides is 2. The first-order valence-electron chi connectivity index (χ1n) is 13.6. The fraction of sp³-hybridized carbons (Fsp3) is 0.367. The van der Waals surface area contributed by atoms with Crippen LogP contribution in [-0.2, 0) is 18.7 Å². The van der Waals surface area contributed by atoms with Crippen molar-refractivity contribution in [3.8, 4) is 5.75 Å². The van der Waals surface area contributed by atoms with Gasteiger partial charge < -0.3 is 24.6 Å². The first-order chi connectivity index (χ1) is 19.7. The summed E-state index contributed by atoms with van der Waals surface area (Å²) in [6.07, 6.45) is 2.65. The summed E-state index contributed by atoms with van der Waals surface area (Å²) in [5, 5.41) is 12.8. The summed E-state index contributed by atoms with van der Waals surface area (Å²) in [5.41, 5.74) is -1.40. The molecule has 1 spiro atoms. The number of benzene rings is 2. The maximum Gasteiger partial charge on any atom is 0.274 e. The van der Waals surface area contributed by atoms with Crippen molar-refractivity contribution in [3.05, 3.63) is 98.2 Å². The second-order valence-corrected chi connectivity index (χ2v) is 10.9. The lowest BCUT2D eigenvalue weighted by Gasteiger charge is -2.42. The van der Waals surface area contributed by atoms with Crippen LogP contribution in [-0.4, -0.2) is 46.1 Å². The van der Waals surface area contributed by atoms with Crippen LogP contribution in [0.25, 0.3) is 0 Å². The number of carbonyl (C=O) groups is 2. The predicted octanol–water partition coefficient (Wildman–Crippen LogP) is 3.59. The van der Waals surface area contributed by atoms with Crippen molar-refractivity contribution in [3.63, 3.8) is 0 Å². The average molecular weight is 568 g/mol. The van der Waals surface area contributed by atoms with Crippen LogP contribution in [0, 0.1) is 17.5 Å². The zero-order valence-electron chi connectivity index (χ0n) is 22.1. The minimum atomic E-state index is -1.18. The van der Waals surface area contributed by atoms with Gasteiger partial charge in [-0.05, 0) is 31.2 Å². The minimum Gasteiger partial charge on any atom is -0.483 e. The smallest absolute Gasteiger partial charge is 0.274 e. The molecule has 2 amide bonds. The Kier molecular flexibility index (Phi) is 6.85. The van der Waals surface area contributed by atoms with E-state index in [0.29, 0.717) is 38.1 Å². The molecule has 2 N–H and O–H groups in total. The highest BCUT2D eigenvalue weighted by Crippen LogP contribution is 2.50. The fourth-order valence-electron chi connectivity index (χ4n) is 6.56. The SMILES string of the molecule is O=C(NCc1c(F)cc(F)cc1F)c1c2n3c(c(OCc4ccccc4)c1=O)C(=O)N1CCCC[C@]3(C[C@H]2CO)C1. The number of fused-ring (bicyclic) bond motifs is 1. The quantitative estimate of drug-likeness (QED) is 0.455. The van der Waals surface area contributed by atoms with E-state index in [1.165, 1.54) is 0 Å². The summed E-state index contributed by atoms with van der Waals surface area (Å²) >= 11 is 0. The van der Waals surface area contributed by atoms with Gasteiger partial charge in [0.15, 0.2) is 11.4 Å². The molecule has 3 aliphatic rings. The van der Waals surface area contributed by atoms with E-state index in [1.54, 1.807) is 33.7 Å².